The van der Waals surface area contributed by atoms with Crippen LogP contribution in [0.3, 0.4) is 0 Å². The quantitative estimate of drug-likeness (QED) is 0.946. The number of nitrogens with zero attached hydrogens (tertiary/aromatic N) is 3. The number of nitrogens with one attached hydrogen (secondary N) is 1. The number of pyridine rings is 1. The SMILES string of the molecule is CC(C)(C)NCc1cnn(-c2ccccn2)c1C(F)(F)F. The molecule has 0 radical (unpaired) electrons. The van der Waals surface area contributed by atoms with Gasteiger partial charge in [-0.3, -0.25) is 0 Å². The molecule has 114 valence electrons. The fourth-order valence-electron chi connectivity index (χ4n) is 1.83. The van der Waals surface area contributed by atoms with Crippen LogP contribution >= 0.6 is 0 Å². The molecule has 0 aliphatic rings. The predicted octanol–water partition coefficient (Wildman–Crippen LogP) is 3.17. The number of rotatable bonds is 3. The lowest BCUT2D eigenvalue weighted by Crippen LogP contribution is -2.35. The van der Waals surface area contributed by atoms with Crippen molar-refractivity contribution in [3.05, 3.63) is 41.9 Å². The minimum atomic E-state index is -4.50. The minimum absolute atomic E-state index is 0.0885. The highest BCUT2D eigenvalue weighted by atomic mass is 19.4. The Morgan fingerprint density at radius 2 is 1.90 bits per heavy atom. The molecule has 0 saturated heterocycles. The Morgan fingerprint density at radius 1 is 1.19 bits per heavy atom. The van der Waals surface area contributed by atoms with E-state index in [9.17, 15) is 13.2 Å². The van der Waals surface area contributed by atoms with Gasteiger partial charge >= 0.3 is 6.18 Å². The highest BCUT2D eigenvalue weighted by molar-refractivity contribution is 5.30. The third-order valence-corrected chi connectivity index (χ3v) is 2.79. The molecule has 0 saturated carbocycles. The van der Waals surface area contributed by atoms with E-state index in [1.54, 1.807) is 12.1 Å². The summed E-state index contributed by atoms with van der Waals surface area (Å²) in [6, 6.07) is 4.75. The maximum atomic E-state index is 13.3. The van der Waals surface area contributed by atoms with Gasteiger partial charge in [0.15, 0.2) is 11.5 Å². The van der Waals surface area contributed by atoms with Crippen LogP contribution in [0.1, 0.15) is 32.0 Å². The lowest BCUT2D eigenvalue weighted by Gasteiger charge is -2.21. The zero-order valence-corrected chi connectivity index (χ0v) is 12.1. The fraction of sp³-hybridized carbons (Fsp3) is 0.429. The summed E-state index contributed by atoms with van der Waals surface area (Å²) in [7, 11) is 0. The first-order valence-corrected chi connectivity index (χ1v) is 6.49. The summed E-state index contributed by atoms with van der Waals surface area (Å²) >= 11 is 0. The fourth-order valence-corrected chi connectivity index (χ4v) is 1.83. The molecule has 0 fully saturated rings. The van der Waals surface area contributed by atoms with Crippen molar-refractivity contribution >= 4 is 0 Å². The van der Waals surface area contributed by atoms with E-state index >= 15 is 0 Å². The molecule has 7 heteroatoms. The summed E-state index contributed by atoms with van der Waals surface area (Å²) in [6.45, 7) is 5.77. The molecule has 2 rings (SSSR count). The number of hydrogen-bond acceptors (Lipinski definition) is 3. The van der Waals surface area contributed by atoms with Crippen LogP contribution in [0.5, 0.6) is 0 Å². The zero-order valence-electron chi connectivity index (χ0n) is 12.1. The van der Waals surface area contributed by atoms with Crippen molar-refractivity contribution in [3.63, 3.8) is 0 Å². The van der Waals surface area contributed by atoms with Crippen molar-refractivity contribution in [3.8, 4) is 5.82 Å². The van der Waals surface area contributed by atoms with Gasteiger partial charge in [-0.1, -0.05) is 6.07 Å². The molecule has 2 aromatic rings. The average molecular weight is 298 g/mol. The first kappa shape index (κ1) is 15.5. The van der Waals surface area contributed by atoms with Crippen molar-refractivity contribution in [2.75, 3.05) is 0 Å². The third-order valence-electron chi connectivity index (χ3n) is 2.79. The Morgan fingerprint density at radius 3 is 2.43 bits per heavy atom. The van der Waals surface area contributed by atoms with E-state index < -0.39 is 11.9 Å². The van der Waals surface area contributed by atoms with E-state index in [1.165, 1.54) is 18.5 Å². The van der Waals surface area contributed by atoms with Crippen LogP contribution in [0.15, 0.2) is 30.6 Å². The summed E-state index contributed by atoms with van der Waals surface area (Å²) < 4.78 is 40.8. The average Bonchev–Trinajstić information content (AvgIpc) is 2.80. The molecule has 1 N–H and O–H groups in total. The first-order chi connectivity index (χ1) is 9.68. The Hall–Kier alpha value is -1.89. The molecule has 0 unspecified atom stereocenters. The van der Waals surface area contributed by atoms with Gasteiger partial charge in [0.2, 0.25) is 0 Å². The predicted molar refractivity (Wildman–Crippen MR) is 73.0 cm³/mol. The molecular formula is C14H17F3N4. The van der Waals surface area contributed by atoms with Crippen molar-refractivity contribution in [1.82, 2.24) is 20.1 Å². The van der Waals surface area contributed by atoms with Crippen LogP contribution in [0.2, 0.25) is 0 Å². The molecule has 4 nitrogen and oxygen atoms in total. The summed E-state index contributed by atoms with van der Waals surface area (Å²) in [5.41, 5.74) is -0.975. The monoisotopic (exact) mass is 298 g/mol. The maximum absolute atomic E-state index is 13.3. The summed E-state index contributed by atoms with van der Waals surface area (Å²) in [4.78, 5) is 3.93. The largest absolute Gasteiger partial charge is 0.433 e. The highest BCUT2D eigenvalue weighted by Crippen LogP contribution is 2.33. The third kappa shape index (κ3) is 3.81. The molecule has 0 atom stereocenters. The van der Waals surface area contributed by atoms with Crippen molar-refractivity contribution in [2.24, 2.45) is 0 Å². The van der Waals surface area contributed by atoms with Gasteiger partial charge in [0.05, 0.1) is 6.20 Å². The van der Waals surface area contributed by atoms with Crippen molar-refractivity contribution < 1.29 is 13.2 Å². The second-order valence-electron chi connectivity index (χ2n) is 5.72. The van der Waals surface area contributed by atoms with Crippen LogP contribution in [0.25, 0.3) is 5.82 Å². The van der Waals surface area contributed by atoms with Gasteiger partial charge in [0.25, 0.3) is 0 Å². The molecular weight excluding hydrogens is 281 g/mol. The van der Waals surface area contributed by atoms with Crippen LogP contribution in [0, 0.1) is 0 Å². The number of hydrogen-bond donors (Lipinski definition) is 1. The van der Waals surface area contributed by atoms with Gasteiger partial charge in [-0.2, -0.15) is 18.3 Å². The zero-order chi connectivity index (χ0) is 15.7. The normalized spacial score (nSPS) is 12.7. The molecule has 0 bridgehead atoms. The van der Waals surface area contributed by atoms with Gasteiger partial charge in [-0.25, -0.2) is 9.67 Å². The molecule has 0 aliphatic heterocycles. The molecule has 2 heterocycles. The second kappa shape index (κ2) is 5.48. The topological polar surface area (TPSA) is 42.7 Å². The van der Waals surface area contributed by atoms with E-state index in [4.69, 9.17) is 0 Å². The summed E-state index contributed by atoms with van der Waals surface area (Å²) in [5.74, 6) is 0.145. The van der Waals surface area contributed by atoms with E-state index in [2.05, 4.69) is 15.4 Å². The lowest BCUT2D eigenvalue weighted by molar-refractivity contribution is -0.143. The second-order valence-corrected chi connectivity index (χ2v) is 5.72. The lowest BCUT2D eigenvalue weighted by atomic mass is 10.1. The Kier molecular flexibility index (Phi) is 4.04. The van der Waals surface area contributed by atoms with E-state index in [-0.39, 0.29) is 23.5 Å². The van der Waals surface area contributed by atoms with E-state index in [0.29, 0.717) is 0 Å². The summed E-state index contributed by atoms with van der Waals surface area (Å²) in [5, 5.41) is 6.89. The van der Waals surface area contributed by atoms with E-state index in [1.807, 2.05) is 20.8 Å². The van der Waals surface area contributed by atoms with Crippen molar-refractivity contribution in [1.29, 1.82) is 0 Å². The Bertz CT molecular complexity index is 597. The molecule has 0 spiro atoms. The standard InChI is InChI=1S/C14H17F3N4/c1-13(2,3)19-8-10-9-20-21(12(10)14(15,16)17)11-6-4-5-7-18-11/h4-7,9,19H,8H2,1-3H3. The smallest absolute Gasteiger partial charge is 0.308 e. The maximum Gasteiger partial charge on any atom is 0.433 e. The van der Waals surface area contributed by atoms with Crippen LogP contribution in [-0.4, -0.2) is 20.3 Å². The number of halogens is 3. The highest BCUT2D eigenvalue weighted by Gasteiger charge is 2.38. The van der Waals surface area contributed by atoms with Gasteiger partial charge in [-0.05, 0) is 32.9 Å². The number of alkyl halides is 3. The molecule has 21 heavy (non-hydrogen) atoms. The van der Waals surface area contributed by atoms with Gasteiger partial charge in [0, 0.05) is 23.8 Å². The Labute approximate surface area is 121 Å². The molecule has 2 aromatic heterocycles. The minimum Gasteiger partial charge on any atom is -0.308 e. The van der Waals surface area contributed by atoms with Crippen LogP contribution in [-0.2, 0) is 12.7 Å². The van der Waals surface area contributed by atoms with Crippen LogP contribution < -0.4 is 5.32 Å². The van der Waals surface area contributed by atoms with Gasteiger partial charge in [-0.15, -0.1) is 0 Å². The van der Waals surface area contributed by atoms with E-state index in [0.717, 1.165) is 4.68 Å². The molecule has 0 aliphatic carbocycles. The Balaban J connectivity index is 2.42. The number of aromatic nitrogens is 3. The molecule has 0 aromatic carbocycles. The summed E-state index contributed by atoms with van der Waals surface area (Å²) in [6.07, 6.45) is -1.83. The van der Waals surface area contributed by atoms with Gasteiger partial charge in [0.1, 0.15) is 0 Å². The molecule has 0 amide bonds. The van der Waals surface area contributed by atoms with Crippen LogP contribution in [0.4, 0.5) is 13.2 Å². The first-order valence-electron chi connectivity index (χ1n) is 6.49. The van der Waals surface area contributed by atoms with Gasteiger partial charge < -0.3 is 5.32 Å². The van der Waals surface area contributed by atoms with Crippen molar-refractivity contribution in [2.45, 2.75) is 39.0 Å².